The molecule has 6 rings (SSSR count). The molecule has 3 aliphatic rings. The molecule has 0 radical (unpaired) electrons. The molecule has 40 heavy (non-hydrogen) atoms. The van der Waals surface area contributed by atoms with Crippen LogP contribution in [0.2, 0.25) is 0 Å². The molecule has 2 unspecified atom stereocenters. The highest BCUT2D eigenvalue weighted by molar-refractivity contribution is 6.06. The van der Waals surface area contributed by atoms with Crippen molar-refractivity contribution in [2.45, 2.75) is 43.4 Å². The average Bonchev–Trinajstić information content (AvgIpc) is 2.99. The first-order chi connectivity index (χ1) is 19.5. The summed E-state index contributed by atoms with van der Waals surface area (Å²) in [6.45, 7) is 0. The zero-order chi connectivity index (χ0) is 27.8. The van der Waals surface area contributed by atoms with Gasteiger partial charge in [-0.05, 0) is 40.7 Å². The predicted molar refractivity (Wildman–Crippen MR) is 151 cm³/mol. The van der Waals surface area contributed by atoms with Gasteiger partial charge in [-0.25, -0.2) is 0 Å². The van der Waals surface area contributed by atoms with Crippen molar-refractivity contribution in [3.63, 3.8) is 0 Å². The van der Waals surface area contributed by atoms with Gasteiger partial charge in [0, 0.05) is 42.7 Å². The van der Waals surface area contributed by atoms with E-state index in [2.05, 4.69) is 24.3 Å². The lowest BCUT2D eigenvalue weighted by Gasteiger charge is -2.39. The molecule has 0 saturated heterocycles. The Bertz CT molecular complexity index is 1410. The van der Waals surface area contributed by atoms with Crippen molar-refractivity contribution in [3.05, 3.63) is 112 Å². The molecule has 0 fully saturated rings. The predicted octanol–water partition coefficient (Wildman–Crippen LogP) is 6.63. The van der Waals surface area contributed by atoms with E-state index in [9.17, 15) is 9.59 Å². The number of rotatable bonds is 6. The number of methoxy groups -OCH3 is 3. The number of hydrogen-bond donors (Lipinski definition) is 0. The van der Waals surface area contributed by atoms with Gasteiger partial charge in [0.1, 0.15) is 11.5 Å². The number of allylic oxidation sites excluding steroid dienone is 4. The molecule has 3 aromatic rings. The Hall–Kier alpha value is -4.32. The van der Waals surface area contributed by atoms with E-state index in [0.717, 1.165) is 16.7 Å². The Labute approximate surface area is 234 Å². The highest BCUT2D eigenvalue weighted by atomic mass is 16.5. The molecule has 0 amide bonds. The SMILES string of the molecule is COc1cc(C2C3=C(CC(c4ccccc4)CC3=O)OC3=C2C(=O)CC(c2ccccc2)C3)cc(OC)c1OC. The zero-order valence-electron chi connectivity index (χ0n) is 22.9. The van der Waals surface area contributed by atoms with Gasteiger partial charge < -0.3 is 18.9 Å². The first-order valence-electron chi connectivity index (χ1n) is 13.6. The molecule has 2 aliphatic carbocycles. The minimum Gasteiger partial charge on any atom is -0.493 e. The van der Waals surface area contributed by atoms with Crippen LogP contribution >= 0.6 is 0 Å². The van der Waals surface area contributed by atoms with E-state index in [1.165, 1.54) is 0 Å². The van der Waals surface area contributed by atoms with Gasteiger partial charge in [0.2, 0.25) is 5.75 Å². The molecule has 0 aromatic heterocycles. The van der Waals surface area contributed by atoms with Crippen LogP contribution in [0.15, 0.2) is 95.5 Å². The lowest BCUT2D eigenvalue weighted by molar-refractivity contribution is -0.118. The van der Waals surface area contributed by atoms with Gasteiger partial charge >= 0.3 is 0 Å². The summed E-state index contributed by atoms with van der Waals surface area (Å²) in [5.74, 6) is 2.18. The van der Waals surface area contributed by atoms with Crippen molar-refractivity contribution in [1.82, 2.24) is 0 Å². The van der Waals surface area contributed by atoms with Crippen LogP contribution in [0.25, 0.3) is 0 Å². The van der Waals surface area contributed by atoms with E-state index in [4.69, 9.17) is 18.9 Å². The molecule has 0 saturated carbocycles. The molecule has 0 bridgehead atoms. The number of Topliss-reactive ketones (excluding diaryl/α,β-unsaturated/α-hetero) is 2. The summed E-state index contributed by atoms with van der Waals surface area (Å²) < 4.78 is 23.4. The number of carbonyl (C=O) groups excluding carboxylic acids is 2. The Morgan fingerprint density at radius 1 is 0.600 bits per heavy atom. The Balaban J connectivity index is 1.50. The van der Waals surface area contributed by atoms with Crippen molar-refractivity contribution in [1.29, 1.82) is 0 Å². The third-order valence-electron chi connectivity index (χ3n) is 8.31. The van der Waals surface area contributed by atoms with Gasteiger partial charge in [-0.1, -0.05) is 60.7 Å². The third-order valence-corrected chi connectivity index (χ3v) is 8.31. The van der Waals surface area contributed by atoms with Crippen molar-refractivity contribution >= 4 is 11.6 Å². The summed E-state index contributed by atoms with van der Waals surface area (Å²) in [5, 5.41) is 0. The highest BCUT2D eigenvalue weighted by Crippen LogP contribution is 2.53. The van der Waals surface area contributed by atoms with Gasteiger partial charge in [-0.2, -0.15) is 0 Å². The van der Waals surface area contributed by atoms with Gasteiger partial charge in [0.25, 0.3) is 0 Å². The van der Waals surface area contributed by atoms with Crippen LogP contribution in [0.4, 0.5) is 0 Å². The van der Waals surface area contributed by atoms with Crippen LogP contribution in [0.3, 0.4) is 0 Å². The quantitative estimate of drug-likeness (QED) is 0.352. The highest BCUT2D eigenvalue weighted by Gasteiger charge is 2.46. The Kier molecular flexibility index (Phi) is 6.93. The molecule has 6 nitrogen and oxygen atoms in total. The summed E-state index contributed by atoms with van der Waals surface area (Å²) in [4.78, 5) is 27.9. The molecule has 1 aliphatic heterocycles. The maximum Gasteiger partial charge on any atom is 0.203 e. The topological polar surface area (TPSA) is 71.1 Å². The summed E-state index contributed by atoms with van der Waals surface area (Å²) in [5.41, 5.74) is 4.09. The van der Waals surface area contributed by atoms with E-state index in [0.29, 0.717) is 65.6 Å². The summed E-state index contributed by atoms with van der Waals surface area (Å²) in [6, 6.07) is 23.9. The fourth-order valence-corrected chi connectivity index (χ4v) is 6.44. The van der Waals surface area contributed by atoms with E-state index in [1.807, 2.05) is 48.5 Å². The second-order valence-corrected chi connectivity index (χ2v) is 10.5. The summed E-state index contributed by atoms with van der Waals surface area (Å²) >= 11 is 0. The molecule has 3 aromatic carbocycles. The monoisotopic (exact) mass is 536 g/mol. The fourth-order valence-electron chi connectivity index (χ4n) is 6.44. The minimum absolute atomic E-state index is 0.00149. The third kappa shape index (κ3) is 4.47. The van der Waals surface area contributed by atoms with Crippen molar-refractivity contribution in [2.75, 3.05) is 21.3 Å². The normalized spacial score (nSPS) is 22.3. The van der Waals surface area contributed by atoms with Crippen LogP contribution in [0.5, 0.6) is 17.2 Å². The number of ether oxygens (including phenoxy) is 4. The number of ketones is 2. The second-order valence-electron chi connectivity index (χ2n) is 10.5. The smallest absolute Gasteiger partial charge is 0.203 e. The minimum atomic E-state index is -0.569. The van der Waals surface area contributed by atoms with E-state index in [-0.39, 0.29) is 23.4 Å². The van der Waals surface area contributed by atoms with E-state index in [1.54, 1.807) is 21.3 Å². The molecule has 1 heterocycles. The molecule has 6 heteroatoms. The van der Waals surface area contributed by atoms with Crippen LogP contribution in [0, 0.1) is 0 Å². The lowest BCUT2D eigenvalue weighted by Crippen LogP contribution is -2.33. The molecule has 204 valence electrons. The van der Waals surface area contributed by atoms with Crippen LogP contribution < -0.4 is 14.2 Å². The molecule has 0 N–H and O–H groups in total. The first-order valence-corrected chi connectivity index (χ1v) is 13.6. The first kappa shape index (κ1) is 25.9. The van der Waals surface area contributed by atoms with Crippen molar-refractivity contribution in [3.8, 4) is 17.2 Å². The van der Waals surface area contributed by atoms with Crippen LogP contribution in [-0.2, 0) is 14.3 Å². The fraction of sp³-hybridized carbons (Fsp3) is 0.294. The van der Waals surface area contributed by atoms with Gasteiger partial charge in [0.15, 0.2) is 23.1 Å². The molecule has 0 spiro atoms. The van der Waals surface area contributed by atoms with Crippen LogP contribution in [0.1, 0.15) is 60.1 Å². The molecular weight excluding hydrogens is 504 g/mol. The van der Waals surface area contributed by atoms with E-state index < -0.39 is 5.92 Å². The number of carbonyl (C=O) groups is 2. The zero-order valence-corrected chi connectivity index (χ0v) is 22.9. The maximum absolute atomic E-state index is 13.9. The summed E-state index contributed by atoms with van der Waals surface area (Å²) in [7, 11) is 4.68. The number of benzene rings is 3. The van der Waals surface area contributed by atoms with Gasteiger partial charge in [-0.3, -0.25) is 9.59 Å². The molecular formula is C34H32O6. The summed E-state index contributed by atoms with van der Waals surface area (Å²) in [6.07, 6.45) is 1.90. The van der Waals surface area contributed by atoms with E-state index >= 15 is 0 Å². The van der Waals surface area contributed by atoms with Crippen molar-refractivity contribution in [2.24, 2.45) is 0 Å². The second kappa shape index (κ2) is 10.7. The van der Waals surface area contributed by atoms with Crippen LogP contribution in [-0.4, -0.2) is 32.9 Å². The number of hydrogen-bond acceptors (Lipinski definition) is 6. The maximum atomic E-state index is 13.9. The average molecular weight is 537 g/mol. The lowest BCUT2D eigenvalue weighted by atomic mass is 9.69. The van der Waals surface area contributed by atoms with Crippen molar-refractivity contribution < 1.29 is 28.5 Å². The van der Waals surface area contributed by atoms with Gasteiger partial charge in [0.05, 0.1) is 21.3 Å². The Morgan fingerprint density at radius 2 is 1.05 bits per heavy atom. The van der Waals surface area contributed by atoms with Gasteiger partial charge in [-0.15, -0.1) is 0 Å². The Morgan fingerprint density at radius 3 is 1.45 bits per heavy atom. The standard InChI is InChI=1S/C34H32O6/c1-37-29-18-24(19-30(38-2)34(29)39-3)31-32-25(35)14-22(20-10-6-4-7-11-20)16-27(32)40-28-17-23(15-26(36)33(28)31)21-12-8-5-9-13-21/h4-13,18-19,22-23,31H,14-17H2,1-3H3. The molecule has 2 atom stereocenters. The largest absolute Gasteiger partial charge is 0.493 e.